The summed E-state index contributed by atoms with van der Waals surface area (Å²) in [5.74, 6) is -2.09. The predicted molar refractivity (Wildman–Crippen MR) is 90.2 cm³/mol. The zero-order valence-corrected chi connectivity index (χ0v) is 14.9. The van der Waals surface area contributed by atoms with Gasteiger partial charge < -0.3 is 15.1 Å². The van der Waals surface area contributed by atoms with E-state index in [1.807, 2.05) is 16.8 Å². The van der Waals surface area contributed by atoms with Gasteiger partial charge >= 0.3 is 11.9 Å². The Hall–Kier alpha value is -1.22. The average Bonchev–Trinajstić information content (AvgIpc) is 2.53. The van der Waals surface area contributed by atoms with Crippen LogP contribution in [0.15, 0.2) is 0 Å². The van der Waals surface area contributed by atoms with Crippen molar-refractivity contribution in [2.45, 2.75) is 32.0 Å². The molecule has 2 aliphatic rings. The number of nitrogens with zero attached hydrogens (tertiary/aromatic N) is 4. The Bertz CT molecular complexity index is 443. The summed E-state index contributed by atoms with van der Waals surface area (Å²) in [7, 11) is 1.99. The molecule has 0 spiro atoms. The van der Waals surface area contributed by atoms with Crippen molar-refractivity contribution in [2.75, 3.05) is 59.4 Å². The highest BCUT2D eigenvalue weighted by molar-refractivity contribution is 5.85. The molecule has 8 heteroatoms. The molecule has 0 radical (unpaired) electrons. The minimum Gasteiger partial charge on any atom is -0.480 e. The highest BCUT2D eigenvalue weighted by Gasteiger charge is 2.43. The smallest absolute Gasteiger partial charge is 0.323 e. The second kappa shape index (κ2) is 8.24. The van der Waals surface area contributed by atoms with Gasteiger partial charge in [0.25, 0.3) is 0 Å². The first-order valence-electron chi connectivity index (χ1n) is 8.67. The van der Waals surface area contributed by atoms with Gasteiger partial charge in [-0.2, -0.15) is 0 Å². The molecule has 2 saturated heterocycles. The number of carbonyl (C=O) groups is 2. The zero-order chi connectivity index (χ0) is 17.9. The summed E-state index contributed by atoms with van der Waals surface area (Å²) in [5.41, 5.74) is 0. The van der Waals surface area contributed by atoms with Gasteiger partial charge in [-0.05, 0) is 20.9 Å². The number of carboxylic acids is 2. The van der Waals surface area contributed by atoms with E-state index in [-0.39, 0.29) is 0 Å². The SMILES string of the molecule is CC(C)N1CCN(C(C(=O)O)C(C(=O)O)N2CCN(C)CC2)CC1. The van der Waals surface area contributed by atoms with E-state index in [9.17, 15) is 19.8 Å². The summed E-state index contributed by atoms with van der Waals surface area (Å²) in [4.78, 5) is 31.9. The van der Waals surface area contributed by atoms with Gasteiger partial charge in [-0.3, -0.25) is 24.3 Å². The quantitative estimate of drug-likeness (QED) is 0.647. The summed E-state index contributed by atoms with van der Waals surface area (Å²) < 4.78 is 0. The molecular formula is C16H30N4O4. The van der Waals surface area contributed by atoms with Crippen LogP contribution in [0.5, 0.6) is 0 Å². The van der Waals surface area contributed by atoms with Crippen LogP contribution in [-0.2, 0) is 9.59 Å². The van der Waals surface area contributed by atoms with Crippen molar-refractivity contribution in [3.63, 3.8) is 0 Å². The maximum atomic E-state index is 11.9. The summed E-state index contributed by atoms with van der Waals surface area (Å²) >= 11 is 0. The Balaban J connectivity index is 2.11. The molecule has 2 aliphatic heterocycles. The van der Waals surface area contributed by atoms with E-state index in [1.165, 1.54) is 0 Å². The van der Waals surface area contributed by atoms with Crippen LogP contribution in [0.1, 0.15) is 13.8 Å². The Labute approximate surface area is 143 Å². The highest BCUT2D eigenvalue weighted by Crippen LogP contribution is 2.18. The molecule has 0 bridgehead atoms. The van der Waals surface area contributed by atoms with E-state index < -0.39 is 24.0 Å². The Morgan fingerprint density at radius 1 is 0.708 bits per heavy atom. The molecule has 2 heterocycles. The molecule has 2 N–H and O–H groups in total. The van der Waals surface area contributed by atoms with Crippen LogP contribution >= 0.6 is 0 Å². The Kier molecular flexibility index (Phi) is 6.56. The minimum absolute atomic E-state index is 0.420. The third-order valence-corrected chi connectivity index (χ3v) is 5.21. The van der Waals surface area contributed by atoms with E-state index in [0.717, 1.165) is 26.2 Å². The van der Waals surface area contributed by atoms with Gasteiger partial charge in [-0.15, -0.1) is 0 Å². The molecule has 0 aliphatic carbocycles. The predicted octanol–water partition coefficient (Wildman–Crippen LogP) is -0.834. The number of rotatable bonds is 6. The number of carboxylic acid groups (broad SMARTS) is 2. The van der Waals surface area contributed by atoms with E-state index in [0.29, 0.717) is 32.2 Å². The molecule has 0 amide bonds. The maximum absolute atomic E-state index is 11.9. The third kappa shape index (κ3) is 4.44. The fraction of sp³-hybridized carbons (Fsp3) is 0.875. The first-order valence-corrected chi connectivity index (χ1v) is 8.67. The Morgan fingerprint density at radius 2 is 1.04 bits per heavy atom. The van der Waals surface area contributed by atoms with Crippen LogP contribution in [0.4, 0.5) is 0 Å². The van der Waals surface area contributed by atoms with Crippen LogP contribution < -0.4 is 0 Å². The maximum Gasteiger partial charge on any atom is 0.323 e. The van der Waals surface area contributed by atoms with E-state index in [2.05, 4.69) is 23.6 Å². The number of piperazine rings is 2. The number of likely N-dealkylation sites (N-methyl/N-ethyl adjacent to an activating group) is 1. The molecule has 2 unspecified atom stereocenters. The number of aliphatic carboxylic acids is 2. The van der Waals surface area contributed by atoms with Crippen LogP contribution in [0, 0.1) is 0 Å². The molecule has 8 nitrogen and oxygen atoms in total. The number of hydrogen-bond donors (Lipinski definition) is 2. The van der Waals surface area contributed by atoms with Gasteiger partial charge in [0.1, 0.15) is 12.1 Å². The van der Waals surface area contributed by atoms with Crippen LogP contribution in [0.25, 0.3) is 0 Å². The summed E-state index contributed by atoms with van der Waals surface area (Å²) in [6.07, 6.45) is 0. The zero-order valence-electron chi connectivity index (χ0n) is 14.9. The topological polar surface area (TPSA) is 87.6 Å². The van der Waals surface area contributed by atoms with Gasteiger partial charge in [-0.1, -0.05) is 0 Å². The lowest BCUT2D eigenvalue weighted by Crippen LogP contribution is -2.65. The number of hydrogen-bond acceptors (Lipinski definition) is 6. The molecule has 138 valence electrons. The van der Waals surface area contributed by atoms with Crippen molar-refractivity contribution >= 4 is 11.9 Å². The average molecular weight is 342 g/mol. The molecule has 2 rings (SSSR count). The lowest BCUT2D eigenvalue weighted by Gasteiger charge is -2.44. The molecule has 0 saturated carbocycles. The van der Waals surface area contributed by atoms with E-state index >= 15 is 0 Å². The molecule has 24 heavy (non-hydrogen) atoms. The Morgan fingerprint density at radius 3 is 1.38 bits per heavy atom. The lowest BCUT2D eigenvalue weighted by molar-refractivity contribution is -0.159. The molecule has 2 atom stereocenters. The second-order valence-corrected chi connectivity index (χ2v) is 7.07. The fourth-order valence-corrected chi connectivity index (χ4v) is 3.61. The molecule has 0 aromatic rings. The summed E-state index contributed by atoms with van der Waals surface area (Å²) in [6.45, 7) is 9.66. The molecule has 0 aromatic carbocycles. The van der Waals surface area contributed by atoms with Crippen molar-refractivity contribution in [1.82, 2.24) is 19.6 Å². The molecule has 0 aromatic heterocycles. The third-order valence-electron chi connectivity index (χ3n) is 5.21. The largest absolute Gasteiger partial charge is 0.480 e. The van der Waals surface area contributed by atoms with Crippen molar-refractivity contribution in [3.8, 4) is 0 Å². The highest BCUT2D eigenvalue weighted by atomic mass is 16.4. The van der Waals surface area contributed by atoms with Gasteiger partial charge in [-0.25, -0.2) is 0 Å². The monoisotopic (exact) mass is 342 g/mol. The van der Waals surface area contributed by atoms with Gasteiger partial charge in [0.05, 0.1) is 0 Å². The van der Waals surface area contributed by atoms with Crippen molar-refractivity contribution in [1.29, 1.82) is 0 Å². The second-order valence-electron chi connectivity index (χ2n) is 7.07. The lowest BCUT2D eigenvalue weighted by atomic mass is 10.0. The van der Waals surface area contributed by atoms with Crippen molar-refractivity contribution < 1.29 is 19.8 Å². The standard InChI is InChI=1S/C16H30N4O4/c1-12(2)18-8-10-20(11-9-18)14(16(23)24)13(15(21)22)19-6-4-17(3)5-7-19/h12-14H,4-11H2,1-3H3,(H,21,22)(H,23,24). The van der Waals surface area contributed by atoms with E-state index in [1.54, 1.807) is 0 Å². The first kappa shape index (κ1) is 19.1. The summed E-state index contributed by atoms with van der Waals surface area (Å²) in [6, 6.07) is -1.58. The first-order chi connectivity index (χ1) is 11.3. The van der Waals surface area contributed by atoms with E-state index in [4.69, 9.17) is 0 Å². The van der Waals surface area contributed by atoms with Crippen LogP contribution in [-0.4, -0.2) is 119 Å². The minimum atomic E-state index is -1.04. The summed E-state index contributed by atoms with van der Waals surface area (Å²) in [5, 5.41) is 19.5. The molecule has 2 fully saturated rings. The van der Waals surface area contributed by atoms with Crippen LogP contribution in [0.2, 0.25) is 0 Å². The van der Waals surface area contributed by atoms with Gasteiger partial charge in [0.2, 0.25) is 0 Å². The normalized spacial score (nSPS) is 24.8. The van der Waals surface area contributed by atoms with Crippen molar-refractivity contribution in [2.24, 2.45) is 0 Å². The van der Waals surface area contributed by atoms with Crippen molar-refractivity contribution in [3.05, 3.63) is 0 Å². The molecular weight excluding hydrogens is 312 g/mol. The van der Waals surface area contributed by atoms with Gasteiger partial charge in [0, 0.05) is 58.4 Å². The van der Waals surface area contributed by atoms with Gasteiger partial charge in [0.15, 0.2) is 0 Å². The van der Waals surface area contributed by atoms with Crippen LogP contribution in [0.3, 0.4) is 0 Å². The fourth-order valence-electron chi connectivity index (χ4n) is 3.61.